The zero-order valence-corrected chi connectivity index (χ0v) is 12.2. The van der Waals surface area contributed by atoms with Crippen molar-refractivity contribution < 1.29 is 13.2 Å². The second-order valence-corrected chi connectivity index (χ2v) is 6.39. The second-order valence-electron chi connectivity index (χ2n) is 4.23. The van der Waals surface area contributed by atoms with Crippen LogP contribution in [0.5, 0.6) is 0 Å². The summed E-state index contributed by atoms with van der Waals surface area (Å²) in [6.45, 7) is 3.29. The van der Waals surface area contributed by atoms with Gasteiger partial charge in [0.1, 0.15) is 0 Å². The molecule has 17 heavy (non-hydrogen) atoms. The van der Waals surface area contributed by atoms with Crippen LogP contribution >= 0.6 is 24.8 Å². The van der Waals surface area contributed by atoms with Crippen molar-refractivity contribution in [2.24, 2.45) is 0 Å². The molecule has 1 N–H and O–H groups in total. The van der Waals surface area contributed by atoms with E-state index < -0.39 is 9.84 Å². The first-order valence-corrected chi connectivity index (χ1v) is 7.11. The van der Waals surface area contributed by atoms with Crippen molar-refractivity contribution in [1.82, 2.24) is 10.2 Å². The predicted octanol–water partition coefficient (Wildman–Crippen LogP) is -0.453. The van der Waals surface area contributed by atoms with Crippen molar-refractivity contribution >= 4 is 34.7 Å². The van der Waals surface area contributed by atoms with Crippen LogP contribution in [0.15, 0.2) is 0 Å². The molecule has 2 heterocycles. The number of fused-ring (bicyclic) bond motifs is 1. The van der Waals surface area contributed by atoms with Gasteiger partial charge >= 0.3 is 0 Å². The van der Waals surface area contributed by atoms with Gasteiger partial charge < -0.3 is 10.1 Å². The van der Waals surface area contributed by atoms with E-state index in [-0.39, 0.29) is 36.9 Å². The van der Waals surface area contributed by atoms with E-state index in [2.05, 4.69) is 10.2 Å². The number of halogens is 2. The normalized spacial score (nSPS) is 31.1. The number of nitrogens with zero attached hydrogens (tertiary/aromatic N) is 1. The zero-order chi connectivity index (χ0) is 10.9. The molecule has 2 saturated heterocycles. The molecule has 0 aliphatic carbocycles. The summed E-state index contributed by atoms with van der Waals surface area (Å²) < 4.78 is 28.1. The number of ether oxygens (including phenoxy) is 1. The van der Waals surface area contributed by atoms with Gasteiger partial charge in [0.05, 0.1) is 18.1 Å². The minimum atomic E-state index is -2.83. The molecule has 2 unspecified atom stereocenters. The van der Waals surface area contributed by atoms with Crippen LogP contribution in [-0.2, 0) is 14.6 Å². The van der Waals surface area contributed by atoms with Crippen molar-refractivity contribution in [2.45, 2.75) is 12.1 Å². The molecular formula is C9H20Cl2N2O3S. The molecule has 2 fully saturated rings. The van der Waals surface area contributed by atoms with E-state index >= 15 is 0 Å². The van der Waals surface area contributed by atoms with E-state index in [1.807, 2.05) is 0 Å². The van der Waals surface area contributed by atoms with Gasteiger partial charge in [0.2, 0.25) is 0 Å². The van der Waals surface area contributed by atoms with Crippen LogP contribution in [0.1, 0.15) is 0 Å². The van der Waals surface area contributed by atoms with Gasteiger partial charge in [-0.1, -0.05) is 0 Å². The number of hydrogen-bond acceptors (Lipinski definition) is 5. The van der Waals surface area contributed by atoms with Crippen molar-refractivity contribution in [3.63, 3.8) is 0 Å². The number of sulfone groups is 1. The summed E-state index contributed by atoms with van der Waals surface area (Å²) >= 11 is 0. The molecule has 0 aromatic heterocycles. The molecule has 0 bridgehead atoms. The number of hydrogen-bond donors (Lipinski definition) is 1. The fourth-order valence-electron chi connectivity index (χ4n) is 2.43. The first-order chi connectivity index (χ1) is 7.12. The lowest BCUT2D eigenvalue weighted by atomic mass is 10.1. The fraction of sp³-hybridized carbons (Fsp3) is 1.00. The van der Waals surface area contributed by atoms with Gasteiger partial charge in [0, 0.05) is 38.8 Å². The summed E-state index contributed by atoms with van der Waals surface area (Å²) in [6.07, 6.45) is 0. The average Bonchev–Trinajstić information content (AvgIpc) is 2.49. The SMILES string of the molecule is COCCN1CCNC2CS(=O)(=O)CC21.Cl.Cl. The van der Waals surface area contributed by atoms with Crippen LogP contribution in [0.4, 0.5) is 0 Å². The Morgan fingerprint density at radius 1 is 1.35 bits per heavy atom. The highest BCUT2D eigenvalue weighted by atomic mass is 35.5. The van der Waals surface area contributed by atoms with Crippen molar-refractivity contribution in [1.29, 1.82) is 0 Å². The lowest BCUT2D eigenvalue weighted by Crippen LogP contribution is -2.57. The Balaban J connectivity index is 0.00000128. The lowest BCUT2D eigenvalue weighted by Gasteiger charge is -2.37. The van der Waals surface area contributed by atoms with Crippen LogP contribution in [0.25, 0.3) is 0 Å². The van der Waals surface area contributed by atoms with Crippen LogP contribution < -0.4 is 5.32 Å². The maximum absolute atomic E-state index is 11.5. The molecule has 0 amide bonds. The highest BCUT2D eigenvalue weighted by Gasteiger charge is 2.42. The average molecular weight is 307 g/mol. The molecule has 8 heteroatoms. The summed E-state index contributed by atoms with van der Waals surface area (Å²) in [5.74, 6) is 0.593. The third kappa shape index (κ3) is 4.22. The maximum Gasteiger partial charge on any atom is 0.153 e. The molecule has 0 saturated carbocycles. The van der Waals surface area contributed by atoms with Crippen LogP contribution in [-0.4, -0.2) is 70.3 Å². The van der Waals surface area contributed by atoms with Gasteiger partial charge in [0.25, 0.3) is 0 Å². The van der Waals surface area contributed by atoms with Crippen LogP contribution in [0.3, 0.4) is 0 Å². The molecular weight excluding hydrogens is 287 g/mol. The van der Waals surface area contributed by atoms with Gasteiger partial charge in [-0.05, 0) is 0 Å². The molecule has 2 aliphatic heterocycles. The second kappa shape index (κ2) is 7.11. The quantitative estimate of drug-likeness (QED) is 0.765. The number of rotatable bonds is 3. The zero-order valence-electron chi connectivity index (χ0n) is 9.79. The molecule has 5 nitrogen and oxygen atoms in total. The Morgan fingerprint density at radius 3 is 2.71 bits per heavy atom. The summed E-state index contributed by atoms with van der Waals surface area (Å²) in [6, 6.07) is 0.277. The van der Waals surface area contributed by atoms with Crippen molar-refractivity contribution in [2.75, 3.05) is 44.9 Å². The summed E-state index contributed by atoms with van der Waals surface area (Å²) in [7, 11) is -1.16. The van der Waals surface area contributed by atoms with E-state index in [1.165, 1.54) is 0 Å². The smallest absolute Gasteiger partial charge is 0.153 e. The van der Waals surface area contributed by atoms with Gasteiger partial charge in [-0.2, -0.15) is 0 Å². The van der Waals surface area contributed by atoms with Crippen LogP contribution in [0, 0.1) is 0 Å². The Morgan fingerprint density at radius 2 is 2.06 bits per heavy atom. The fourth-order valence-corrected chi connectivity index (χ4v) is 4.42. The standard InChI is InChI=1S/C9H18N2O3S.2ClH/c1-14-5-4-11-3-2-10-8-6-15(12,13)7-9(8)11;;/h8-10H,2-7H2,1H3;2*1H. The summed E-state index contributed by atoms with van der Waals surface area (Å²) in [5, 5.41) is 3.28. The molecule has 0 aromatic carbocycles. The Hall–Kier alpha value is 0.410. The maximum atomic E-state index is 11.5. The monoisotopic (exact) mass is 306 g/mol. The third-order valence-corrected chi connectivity index (χ3v) is 4.90. The van der Waals surface area contributed by atoms with E-state index in [0.29, 0.717) is 18.1 Å². The van der Waals surface area contributed by atoms with Gasteiger partial charge in [0.15, 0.2) is 9.84 Å². The van der Waals surface area contributed by atoms with E-state index in [0.717, 1.165) is 19.6 Å². The predicted molar refractivity (Wildman–Crippen MR) is 72.2 cm³/mol. The molecule has 0 aromatic rings. The van der Waals surface area contributed by atoms with Gasteiger partial charge in [-0.25, -0.2) is 8.42 Å². The molecule has 104 valence electrons. The molecule has 0 spiro atoms. The van der Waals surface area contributed by atoms with Crippen molar-refractivity contribution in [3.8, 4) is 0 Å². The molecule has 0 radical (unpaired) electrons. The third-order valence-electron chi connectivity index (χ3n) is 3.18. The van der Waals surface area contributed by atoms with Gasteiger partial charge in [-0.15, -0.1) is 24.8 Å². The Bertz CT molecular complexity index is 326. The van der Waals surface area contributed by atoms with Crippen LogP contribution in [0.2, 0.25) is 0 Å². The summed E-state index contributed by atoms with van der Waals surface area (Å²) in [4.78, 5) is 2.23. The Labute approximate surface area is 115 Å². The lowest BCUT2D eigenvalue weighted by molar-refractivity contribution is 0.0981. The first kappa shape index (κ1) is 17.4. The topological polar surface area (TPSA) is 58.6 Å². The molecule has 2 atom stereocenters. The van der Waals surface area contributed by atoms with Gasteiger partial charge in [-0.3, -0.25) is 4.90 Å². The highest BCUT2D eigenvalue weighted by Crippen LogP contribution is 2.20. The minimum absolute atomic E-state index is 0. The van der Waals surface area contributed by atoms with E-state index in [9.17, 15) is 8.42 Å². The van der Waals surface area contributed by atoms with E-state index in [4.69, 9.17) is 4.74 Å². The Kier molecular flexibility index (Phi) is 7.28. The summed E-state index contributed by atoms with van der Waals surface area (Å²) in [5.41, 5.74) is 0. The molecule has 2 aliphatic rings. The number of methoxy groups -OCH3 is 1. The minimum Gasteiger partial charge on any atom is -0.383 e. The van der Waals surface area contributed by atoms with E-state index in [1.54, 1.807) is 7.11 Å². The first-order valence-electron chi connectivity index (χ1n) is 5.29. The van der Waals surface area contributed by atoms with Crippen molar-refractivity contribution in [3.05, 3.63) is 0 Å². The highest BCUT2D eigenvalue weighted by molar-refractivity contribution is 7.91. The largest absolute Gasteiger partial charge is 0.383 e. The molecule has 2 rings (SSSR count). The number of nitrogens with one attached hydrogen (secondary N) is 1. The number of piperazine rings is 1.